The van der Waals surface area contributed by atoms with Crippen molar-refractivity contribution in [1.29, 1.82) is 0 Å². The summed E-state index contributed by atoms with van der Waals surface area (Å²) >= 11 is 1.05. The predicted molar refractivity (Wildman–Crippen MR) is 77.4 cm³/mol. The van der Waals surface area contributed by atoms with Crippen LogP contribution < -0.4 is 0 Å². The summed E-state index contributed by atoms with van der Waals surface area (Å²) in [7, 11) is 1.31. The SMILES string of the molecule is COC(=O)C(C)n1c(SCC(=O)O)nc2c(C)ccnc21. The van der Waals surface area contributed by atoms with Gasteiger partial charge in [-0.1, -0.05) is 11.8 Å². The molecule has 0 spiro atoms. The highest BCUT2D eigenvalue weighted by Crippen LogP contribution is 2.28. The Kier molecular flexibility index (Phi) is 4.46. The molecule has 2 heterocycles. The first-order chi connectivity index (χ1) is 9.95. The molecule has 21 heavy (non-hydrogen) atoms. The lowest BCUT2D eigenvalue weighted by molar-refractivity contribution is -0.144. The van der Waals surface area contributed by atoms with Crippen LogP contribution in [-0.4, -0.2) is 44.4 Å². The van der Waals surface area contributed by atoms with E-state index in [0.717, 1.165) is 17.3 Å². The lowest BCUT2D eigenvalue weighted by Crippen LogP contribution is -2.19. The number of carboxylic acids is 1. The third-order valence-corrected chi connectivity index (χ3v) is 3.94. The van der Waals surface area contributed by atoms with Crippen LogP contribution in [0.1, 0.15) is 18.5 Å². The molecular formula is C13H15N3O4S. The molecule has 8 heteroatoms. The number of esters is 1. The Balaban J connectivity index is 2.57. The van der Waals surface area contributed by atoms with Gasteiger partial charge in [0.2, 0.25) is 0 Å². The minimum Gasteiger partial charge on any atom is -0.481 e. The van der Waals surface area contributed by atoms with E-state index in [-0.39, 0.29) is 5.75 Å². The number of aryl methyl sites for hydroxylation is 1. The summed E-state index contributed by atoms with van der Waals surface area (Å²) in [4.78, 5) is 31.2. The fourth-order valence-corrected chi connectivity index (χ4v) is 2.74. The number of carbonyl (C=O) groups is 2. The third-order valence-electron chi connectivity index (χ3n) is 3.00. The maximum atomic E-state index is 11.8. The van der Waals surface area contributed by atoms with Crippen LogP contribution in [0.15, 0.2) is 17.4 Å². The minimum absolute atomic E-state index is 0.143. The van der Waals surface area contributed by atoms with Crippen LogP contribution in [0.25, 0.3) is 11.2 Å². The lowest BCUT2D eigenvalue weighted by Gasteiger charge is -2.14. The zero-order valence-electron chi connectivity index (χ0n) is 11.9. The molecule has 0 radical (unpaired) electrons. The van der Waals surface area contributed by atoms with Crippen LogP contribution in [0.3, 0.4) is 0 Å². The quantitative estimate of drug-likeness (QED) is 0.663. The number of hydrogen-bond acceptors (Lipinski definition) is 6. The molecule has 1 unspecified atom stereocenters. The van der Waals surface area contributed by atoms with Crippen molar-refractivity contribution >= 4 is 34.9 Å². The highest BCUT2D eigenvalue weighted by molar-refractivity contribution is 7.99. The Morgan fingerprint density at radius 1 is 1.52 bits per heavy atom. The first kappa shape index (κ1) is 15.3. The number of methoxy groups -OCH3 is 1. The first-order valence-electron chi connectivity index (χ1n) is 6.21. The molecule has 0 fully saturated rings. The number of carboxylic acid groups (broad SMARTS) is 1. The average molecular weight is 309 g/mol. The van der Waals surface area contributed by atoms with E-state index in [0.29, 0.717) is 16.3 Å². The van der Waals surface area contributed by atoms with Crippen molar-refractivity contribution in [2.45, 2.75) is 25.0 Å². The summed E-state index contributed by atoms with van der Waals surface area (Å²) in [6.07, 6.45) is 1.63. The van der Waals surface area contributed by atoms with E-state index in [9.17, 15) is 9.59 Å². The van der Waals surface area contributed by atoms with E-state index in [2.05, 4.69) is 9.97 Å². The minimum atomic E-state index is -0.950. The number of aliphatic carboxylic acids is 1. The van der Waals surface area contributed by atoms with Gasteiger partial charge in [0, 0.05) is 6.20 Å². The number of aromatic nitrogens is 3. The Morgan fingerprint density at radius 2 is 2.24 bits per heavy atom. The monoisotopic (exact) mass is 309 g/mol. The van der Waals surface area contributed by atoms with Crippen molar-refractivity contribution in [3.8, 4) is 0 Å². The molecule has 112 valence electrons. The normalized spacial score (nSPS) is 12.3. The number of nitrogens with zero attached hydrogens (tertiary/aromatic N) is 3. The molecule has 2 aromatic rings. The van der Waals surface area contributed by atoms with Gasteiger partial charge in [-0.2, -0.15) is 0 Å². The van der Waals surface area contributed by atoms with Crippen molar-refractivity contribution in [2.75, 3.05) is 12.9 Å². The zero-order valence-corrected chi connectivity index (χ0v) is 12.7. The maximum Gasteiger partial charge on any atom is 0.328 e. The second-order valence-corrected chi connectivity index (χ2v) is 5.39. The lowest BCUT2D eigenvalue weighted by atomic mass is 10.2. The maximum absolute atomic E-state index is 11.8. The van der Waals surface area contributed by atoms with Crippen LogP contribution >= 0.6 is 11.8 Å². The van der Waals surface area contributed by atoms with Gasteiger partial charge in [0.25, 0.3) is 0 Å². The molecule has 2 rings (SSSR count). The highest BCUT2D eigenvalue weighted by atomic mass is 32.2. The topological polar surface area (TPSA) is 94.3 Å². The molecule has 0 aliphatic heterocycles. The molecule has 1 atom stereocenters. The van der Waals surface area contributed by atoms with E-state index in [4.69, 9.17) is 9.84 Å². The Labute approximate surface area is 125 Å². The van der Waals surface area contributed by atoms with Crippen LogP contribution in [0.2, 0.25) is 0 Å². The second kappa shape index (κ2) is 6.13. The van der Waals surface area contributed by atoms with Gasteiger partial charge in [-0.15, -0.1) is 0 Å². The average Bonchev–Trinajstić information content (AvgIpc) is 2.83. The summed E-state index contributed by atoms with van der Waals surface area (Å²) in [6.45, 7) is 3.55. The van der Waals surface area contributed by atoms with Crippen molar-refractivity contribution < 1.29 is 19.4 Å². The molecule has 0 aliphatic rings. The van der Waals surface area contributed by atoms with Crippen LogP contribution in [0.4, 0.5) is 0 Å². The molecule has 0 saturated carbocycles. The molecule has 2 aromatic heterocycles. The van der Waals surface area contributed by atoms with Crippen molar-refractivity contribution in [3.63, 3.8) is 0 Å². The number of pyridine rings is 1. The zero-order chi connectivity index (χ0) is 15.6. The highest BCUT2D eigenvalue weighted by Gasteiger charge is 2.24. The number of hydrogen-bond donors (Lipinski definition) is 1. The van der Waals surface area contributed by atoms with Crippen LogP contribution in [-0.2, 0) is 14.3 Å². The molecule has 1 N–H and O–H groups in total. The van der Waals surface area contributed by atoms with Gasteiger partial charge >= 0.3 is 11.9 Å². The third kappa shape index (κ3) is 2.99. The Bertz CT molecular complexity index is 698. The van der Waals surface area contributed by atoms with Crippen LogP contribution in [0, 0.1) is 6.92 Å². The molecule has 0 amide bonds. The van der Waals surface area contributed by atoms with E-state index in [1.54, 1.807) is 17.7 Å². The molecule has 7 nitrogen and oxygen atoms in total. The standard InChI is InChI=1S/C13H15N3O4S/c1-7-4-5-14-11-10(7)15-13(21-6-9(17)18)16(11)8(2)12(19)20-3/h4-5,8H,6H2,1-3H3,(H,17,18). The second-order valence-electron chi connectivity index (χ2n) is 4.45. The van der Waals surface area contributed by atoms with Gasteiger partial charge in [-0.05, 0) is 25.5 Å². The summed E-state index contributed by atoms with van der Waals surface area (Å²) in [5.74, 6) is -1.53. The van der Waals surface area contributed by atoms with Gasteiger partial charge in [0.15, 0.2) is 10.8 Å². The number of rotatable bonds is 5. The fourth-order valence-electron chi connectivity index (χ4n) is 1.94. The number of carbonyl (C=O) groups excluding carboxylic acids is 1. The van der Waals surface area contributed by atoms with Crippen LogP contribution in [0.5, 0.6) is 0 Å². The first-order valence-corrected chi connectivity index (χ1v) is 7.20. The van der Waals surface area contributed by atoms with Crippen molar-refractivity contribution in [2.24, 2.45) is 0 Å². The molecule has 0 saturated heterocycles. The predicted octanol–water partition coefficient (Wildman–Crippen LogP) is 1.65. The number of thioether (sulfide) groups is 1. The number of imidazole rings is 1. The smallest absolute Gasteiger partial charge is 0.328 e. The van der Waals surface area contributed by atoms with Crippen molar-refractivity contribution in [3.05, 3.63) is 17.8 Å². The fraction of sp³-hybridized carbons (Fsp3) is 0.385. The van der Waals surface area contributed by atoms with Crippen molar-refractivity contribution in [1.82, 2.24) is 14.5 Å². The molecule has 0 bridgehead atoms. The Morgan fingerprint density at radius 3 is 2.86 bits per heavy atom. The van der Waals surface area contributed by atoms with Gasteiger partial charge in [-0.3, -0.25) is 9.36 Å². The summed E-state index contributed by atoms with van der Waals surface area (Å²) in [5.41, 5.74) is 2.11. The number of fused-ring (bicyclic) bond motifs is 1. The summed E-state index contributed by atoms with van der Waals surface area (Å²) in [5, 5.41) is 9.26. The van der Waals surface area contributed by atoms with Gasteiger partial charge in [0.1, 0.15) is 11.6 Å². The summed E-state index contributed by atoms with van der Waals surface area (Å²) in [6, 6.07) is 1.18. The molecule has 0 aliphatic carbocycles. The summed E-state index contributed by atoms with van der Waals surface area (Å²) < 4.78 is 6.37. The van der Waals surface area contributed by atoms with E-state index in [1.165, 1.54) is 7.11 Å². The van der Waals surface area contributed by atoms with Gasteiger partial charge in [-0.25, -0.2) is 14.8 Å². The molecular weight excluding hydrogens is 294 g/mol. The van der Waals surface area contributed by atoms with E-state index >= 15 is 0 Å². The number of ether oxygens (including phenoxy) is 1. The Hall–Kier alpha value is -2.09. The van der Waals surface area contributed by atoms with Gasteiger partial charge < -0.3 is 9.84 Å². The molecule has 0 aromatic carbocycles. The largest absolute Gasteiger partial charge is 0.481 e. The van der Waals surface area contributed by atoms with Gasteiger partial charge in [0.05, 0.1) is 12.9 Å². The van der Waals surface area contributed by atoms with E-state index in [1.807, 2.05) is 13.0 Å². The van der Waals surface area contributed by atoms with E-state index < -0.39 is 18.0 Å².